The molecule has 0 aliphatic rings. The van der Waals surface area contributed by atoms with Gasteiger partial charge >= 0.3 is 0 Å². The fourth-order valence-electron chi connectivity index (χ4n) is 2.05. The average molecular weight is 270 g/mol. The molecule has 3 unspecified atom stereocenters. The third-order valence-electron chi connectivity index (χ3n) is 3.15. The van der Waals surface area contributed by atoms with Crippen molar-refractivity contribution in [2.24, 2.45) is 5.73 Å². The second-order valence-electron chi connectivity index (χ2n) is 4.75. The molecule has 0 saturated carbocycles. The molecule has 1 aromatic rings. The Hall–Kier alpha value is -0.570. The maximum Gasteiger partial charge on any atom is 0.0993 e. The Labute approximate surface area is 115 Å². The molecule has 0 aromatic heterocycles. The maximum absolute atomic E-state index is 6.24. The van der Waals surface area contributed by atoms with E-state index in [1.54, 1.807) is 0 Å². The molecule has 0 heterocycles. The predicted molar refractivity (Wildman–Crippen MR) is 77.9 cm³/mol. The Morgan fingerprint density at radius 1 is 1.28 bits per heavy atom. The summed E-state index contributed by atoms with van der Waals surface area (Å²) in [6, 6.07) is 7.77. The molecular formula is C15H24ClNO. The summed E-state index contributed by atoms with van der Waals surface area (Å²) in [5, 5.41) is 0.732. The number of halogens is 1. The van der Waals surface area contributed by atoms with Gasteiger partial charge in [-0.1, -0.05) is 50.1 Å². The number of benzene rings is 1. The first-order valence-electron chi connectivity index (χ1n) is 6.75. The summed E-state index contributed by atoms with van der Waals surface area (Å²) in [5.41, 5.74) is 7.18. The third kappa shape index (κ3) is 4.27. The highest BCUT2D eigenvalue weighted by Gasteiger charge is 2.23. The Bertz CT molecular complexity index is 356. The van der Waals surface area contributed by atoms with Gasteiger partial charge in [-0.05, 0) is 25.8 Å². The molecule has 0 fully saturated rings. The van der Waals surface area contributed by atoms with Gasteiger partial charge in [0.05, 0.1) is 12.2 Å². The van der Waals surface area contributed by atoms with E-state index >= 15 is 0 Å². The molecule has 102 valence electrons. The van der Waals surface area contributed by atoms with Gasteiger partial charge in [0.25, 0.3) is 0 Å². The van der Waals surface area contributed by atoms with Crippen molar-refractivity contribution in [1.29, 1.82) is 0 Å². The van der Waals surface area contributed by atoms with Crippen LogP contribution in [0.4, 0.5) is 0 Å². The number of nitrogens with two attached hydrogens (primary N) is 1. The Kier molecular flexibility index (Phi) is 6.69. The van der Waals surface area contributed by atoms with Crippen LogP contribution in [0.25, 0.3) is 0 Å². The number of ether oxygens (including phenoxy) is 1. The summed E-state index contributed by atoms with van der Waals surface area (Å²) in [7, 11) is 0. The van der Waals surface area contributed by atoms with Crippen LogP contribution in [0.15, 0.2) is 24.3 Å². The number of hydrogen-bond donors (Lipinski definition) is 1. The van der Waals surface area contributed by atoms with Gasteiger partial charge < -0.3 is 10.5 Å². The SMILES string of the molecule is CCCC(C)OC(c1ccccc1Cl)C(N)CC. The summed E-state index contributed by atoms with van der Waals surface area (Å²) in [5.74, 6) is 0. The van der Waals surface area contributed by atoms with Gasteiger partial charge in [-0.3, -0.25) is 0 Å². The molecule has 0 aliphatic heterocycles. The van der Waals surface area contributed by atoms with E-state index in [9.17, 15) is 0 Å². The Morgan fingerprint density at radius 2 is 1.94 bits per heavy atom. The van der Waals surface area contributed by atoms with E-state index in [0.29, 0.717) is 0 Å². The Morgan fingerprint density at radius 3 is 2.50 bits per heavy atom. The second-order valence-corrected chi connectivity index (χ2v) is 5.16. The van der Waals surface area contributed by atoms with Gasteiger partial charge in [-0.2, -0.15) is 0 Å². The first-order valence-corrected chi connectivity index (χ1v) is 7.13. The van der Waals surface area contributed by atoms with Crippen molar-refractivity contribution in [2.75, 3.05) is 0 Å². The van der Waals surface area contributed by atoms with E-state index in [4.69, 9.17) is 22.1 Å². The monoisotopic (exact) mass is 269 g/mol. The number of rotatable bonds is 7. The van der Waals surface area contributed by atoms with Crippen LogP contribution >= 0.6 is 11.6 Å². The zero-order valence-corrected chi connectivity index (χ0v) is 12.3. The van der Waals surface area contributed by atoms with E-state index in [1.807, 2.05) is 24.3 Å². The van der Waals surface area contributed by atoms with Crippen molar-refractivity contribution >= 4 is 11.6 Å². The minimum Gasteiger partial charge on any atom is -0.369 e. The lowest BCUT2D eigenvalue weighted by molar-refractivity contribution is -0.0221. The lowest BCUT2D eigenvalue weighted by Crippen LogP contribution is -2.32. The molecule has 0 bridgehead atoms. The van der Waals surface area contributed by atoms with Crippen LogP contribution in [0.3, 0.4) is 0 Å². The van der Waals surface area contributed by atoms with Crippen LogP contribution in [-0.2, 0) is 4.74 Å². The fourth-order valence-corrected chi connectivity index (χ4v) is 2.29. The molecule has 0 radical (unpaired) electrons. The first-order chi connectivity index (χ1) is 8.60. The summed E-state index contributed by atoms with van der Waals surface area (Å²) in [6.45, 7) is 6.32. The van der Waals surface area contributed by atoms with E-state index in [1.165, 1.54) is 0 Å². The zero-order valence-electron chi connectivity index (χ0n) is 11.5. The van der Waals surface area contributed by atoms with Crippen molar-refractivity contribution in [1.82, 2.24) is 0 Å². The highest BCUT2D eigenvalue weighted by Crippen LogP contribution is 2.30. The van der Waals surface area contributed by atoms with Crippen LogP contribution in [-0.4, -0.2) is 12.1 Å². The van der Waals surface area contributed by atoms with Crippen molar-refractivity contribution < 1.29 is 4.74 Å². The van der Waals surface area contributed by atoms with Crippen molar-refractivity contribution in [3.63, 3.8) is 0 Å². The molecule has 1 aromatic carbocycles. The topological polar surface area (TPSA) is 35.2 Å². The minimum absolute atomic E-state index is 0.0239. The summed E-state index contributed by atoms with van der Waals surface area (Å²) >= 11 is 6.24. The van der Waals surface area contributed by atoms with Crippen molar-refractivity contribution in [3.05, 3.63) is 34.9 Å². The van der Waals surface area contributed by atoms with Gasteiger partial charge in [-0.25, -0.2) is 0 Å². The highest BCUT2D eigenvalue weighted by molar-refractivity contribution is 6.31. The molecule has 0 amide bonds. The lowest BCUT2D eigenvalue weighted by atomic mass is 10.0. The Balaban J connectivity index is 2.88. The molecule has 3 atom stereocenters. The van der Waals surface area contributed by atoms with E-state index < -0.39 is 0 Å². The average Bonchev–Trinajstić information content (AvgIpc) is 2.36. The van der Waals surface area contributed by atoms with Crippen LogP contribution in [0.1, 0.15) is 51.7 Å². The normalized spacial score (nSPS) is 16.3. The smallest absolute Gasteiger partial charge is 0.0993 e. The first kappa shape index (κ1) is 15.5. The van der Waals surface area contributed by atoms with Crippen molar-refractivity contribution in [2.45, 2.75) is 58.3 Å². The standard InChI is InChI=1S/C15H24ClNO/c1-4-8-11(3)18-15(14(17)5-2)12-9-6-7-10-13(12)16/h6-7,9-11,14-15H,4-5,8,17H2,1-3H3. The summed E-state index contributed by atoms with van der Waals surface area (Å²) in [6.07, 6.45) is 3.10. The van der Waals surface area contributed by atoms with Crippen LogP contribution in [0.2, 0.25) is 5.02 Å². The molecule has 2 N–H and O–H groups in total. The third-order valence-corrected chi connectivity index (χ3v) is 3.49. The molecular weight excluding hydrogens is 246 g/mol. The van der Waals surface area contributed by atoms with Gasteiger partial charge in [-0.15, -0.1) is 0 Å². The molecule has 18 heavy (non-hydrogen) atoms. The van der Waals surface area contributed by atoms with Crippen molar-refractivity contribution in [3.8, 4) is 0 Å². The van der Waals surface area contributed by atoms with Crippen LogP contribution < -0.4 is 5.73 Å². The van der Waals surface area contributed by atoms with Gasteiger partial charge in [0.15, 0.2) is 0 Å². The van der Waals surface area contributed by atoms with E-state index in [-0.39, 0.29) is 18.2 Å². The van der Waals surface area contributed by atoms with Crippen LogP contribution in [0, 0.1) is 0 Å². The highest BCUT2D eigenvalue weighted by atomic mass is 35.5. The molecule has 0 aliphatic carbocycles. The summed E-state index contributed by atoms with van der Waals surface area (Å²) in [4.78, 5) is 0. The molecule has 0 spiro atoms. The predicted octanol–water partition coefficient (Wildman–Crippen LogP) is 4.32. The van der Waals surface area contributed by atoms with Gasteiger partial charge in [0.2, 0.25) is 0 Å². The summed E-state index contributed by atoms with van der Waals surface area (Å²) < 4.78 is 6.10. The van der Waals surface area contributed by atoms with Gasteiger partial charge in [0.1, 0.15) is 0 Å². The molecule has 0 saturated heterocycles. The molecule has 2 nitrogen and oxygen atoms in total. The maximum atomic E-state index is 6.24. The zero-order chi connectivity index (χ0) is 13.5. The second kappa shape index (κ2) is 7.78. The minimum atomic E-state index is -0.120. The van der Waals surface area contributed by atoms with E-state index in [0.717, 1.165) is 29.8 Å². The number of hydrogen-bond acceptors (Lipinski definition) is 2. The molecule has 1 rings (SSSR count). The fraction of sp³-hybridized carbons (Fsp3) is 0.600. The lowest BCUT2D eigenvalue weighted by Gasteiger charge is -2.28. The quantitative estimate of drug-likeness (QED) is 0.800. The largest absolute Gasteiger partial charge is 0.369 e. The van der Waals surface area contributed by atoms with Gasteiger partial charge in [0, 0.05) is 16.6 Å². The van der Waals surface area contributed by atoms with Crippen LogP contribution in [0.5, 0.6) is 0 Å². The van der Waals surface area contributed by atoms with E-state index in [2.05, 4.69) is 20.8 Å². The molecule has 3 heteroatoms.